The summed E-state index contributed by atoms with van der Waals surface area (Å²) < 4.78 is 0. The zero-order chi connectivity index (χ0) is 13.6. The molecule has 1 saturated carbocycles. The second-order valence-electron chi connectivity index (χ2n) is 6.92. The summed E-state index contributed by atoms with van der Waals surface area (Å²) in [5, 5.41) is 3.46. The molecular formula is C19H29N. The Morgan fingerprint density at radius 2 is 1.20 bits per heavy atom. The smallest absolute Gasteiger partial charge is 0.00462 e. The number of benzene rings is 1. The normalized spacial score (nSPS) is 22.0. The van der Waals surface area contributed by atoms with Gasteiger partial charge in [-0.3, -0.25) is 0 Å². The van der Waals surface area contributed by atoms with Gasteiger partial charge in [-0.2, -0.15) is 0 Å². The Kier molecular flexibility index (Phi) is 5.13. The lowest BCUT2D eigenvalue weighted by atomic mass is 9.84. The van der Waals surface area contributed by atoms with Crippen LogP contribution in [0.2, 0.25) is 0 Å². The predicted molar refractivity (Wildman–Crippen MR) is 86.0 cm³/mol. The van der Waals surface area contributed by atoms with Gasteiger partial charge in [0.15, 0.2) is 0 Å². The standard InChI is InChI=1S/C19H29N/c1-2-4-16(5-3-1)14-17-6-8-18(9-7-17)15-19-10-12-20-13-11-19/h6-9,16,19-20H,1-5,10-15H2. The molecule has 2 aliphatic rings. The van der Waals surface area contributed by atoms with E-state index in [0.29, 0.717) is 0 Å². The Labute approximate surface area is 124 Å². The quantitative estimate of drug-likeness (QED) is 0.858. The zero-order valence-electron chi connectivity index (χ0n) is 12.7. The monoisotopic (exact) mass is 271 g/mol. The number of hydrogen-bond acceptors (Lipinski definition) is 1. The Morgan fingerprint density at radius 3 is 1.75 bits per heavy atom. The van der Waals surface area contributed by atoms with Crippen LogP contribution in [0.15, 0.2) is 24.3 Å². The van der Waals surface area contributed by atoms with Crippen LogP contribution in [0.3, 0.4) is 0 Å². The molecule has 0 unspecified atom stereocenters. The first-order chi connectivity index (χ1) is 9.90. The predicted octanol–water partition coefficient (Wildman–Crippen LogP) is 4.35. The fraction of sp³-hybridized carbons (Fsp3) is 0.684. The van der Waals surface area contributed by atoms with Gasteiger partial charge in [0.25, 0.3) is 0 Å². The molecule has 1 heteroatoms. The second kappa shape index (κ2) is 7.26. The van der Waals surface area contributed by atoms with Crippen molar-refractivity contribution in [2.45, 2.75) is 57.8 Å². The van der Waals surface area contributed by atoms with E-state index in [-0.39, 0.29) is 0 Å². The minimum atomic E-state index is 0.903. The van der Waals surface area contributed by atoms with Crippen LogP contribution < -0.4 is 5.32 Å². The molecule has 20 heavy (non-hydrogen) atoms. The van der Waals surface area contributed by atoms with Gasteiger partial charge in [0.2, 0.25) is 0 Å². The largest absolute Gasteiger partial charge is 0.317 e. The van der Waals surface area contributed by atoms with E-state index in [4.69, 9.17) is 0 Å². The first-order valence-electron chi connectivity index (χ1n) is 8.69. The van der Waals surface area contributed by atoms with Gasteiger partial charge in [-0.05, 0) is 61.7 Å². The second-order valence-corrected chi connectivity index (χ2v) is 6.92. The van der Waals surface area contributed by atoms with E-state index in [9.17, 15) is 0 Å². The van der Waals surface area contributed by atoms with E-state index in [2.05, 4.69) is 29.6 Å². The molecule has 1 aliphatic carbocycles. The Hall–Kier alpha value is -0.820. The third-order valence-electron chi connectivity index (χ3n) is 5.26. The van der Waals surface area contributed by atoms with Gasteiger partial charge in [-0.1, -0.05) is 56.4 Å². The summed E-state index contributed by atoms with van der Waals surface area (Å²) in [6.07, 6.45) is 12.6. The third kappa shape index (κ3) is 4.09. The summed E-state index contributed by atoms with van der Waals surface area (Å²) in [5.41, 5.74) is 3.11. The zero-order valence-corrected chi connectivity index (χ0v) is 12.7. The van der Waals surface area contributed by atoms with E-state index in [1.165, 1.54) is 70.9 Å². The summed E-state index contributed by atoms with van der Waals surface area (Å²) in [6, 6.07) is 9.57. The number of nitrogens with one attached hydrogen (secondary N) is 1. The van der Waals surface area contributed by atoms with Crippen molar-refractivity contribution in [3.8, 4) is 0 Å². The maximum absolute atomic E-state index is 3.46. The van der Waals surface area contributed by atoms with Crippen molar-refractivity contribution in [1.29, 1.82) is 0 Å². The molecule has 0 spiro atoms. The fourth-order valence-electron chi connectivity index (χ4n) is 3.96. The molecule has 0 amide bonds. The highest BCUT2D eigenvalue weighted by Crippen LogP contribution is 2.27. The average Bonchev–Trinajstić information content (AvgIpc) is 2.51. The van der Waals surface area contributed by atoms with E-state index in [1.54, 1.807) is 11.1 Å². The van der Waals surface area contributed by atoms with Gasteiger partial charge in [-0.15, -0.1) is 0 Å². The van der Waals surface area contributed by atoms with Crippen molar-refractivity contribution in [3.05, 3.63) is 35.4 Å². The highest BCUT2D eigenvalue weighted by Gasteiger charge is 2.15. The highest BCUT2D eigenvalue weighted by molar-refractivity contribution is 5.23. The van der Waals surface area contributed by atoms with Crippen LogP contribution in [0.5, 0.6) is 0 Å². The molecule has 1 nitrogen and oxygen atoms in total. The Balaban J connectivity index is 1.51. The average molecular weight is 271 g/mol. The lowest BCUT2D eigenvalue weighted by molar-refractivity contribution is 0.356. The molecule has 1 aromatic carbocycles. The SMILES string of the molecule is c1cc(CC2CCNCC2)ccc1CC1CCCCC1. The molecule has 0 aromatic heterocycles. The topological polar surface area (TPSA) is 12.0 Å². The van der Waals surface area contributed by atoms with E-state index in [1.807, 2.05) is 0 Å². The minimum absolute atomic E-state index is 0.903. The number of hydrogen-bond donors (Lipinski definition) is 1. The van der Waals surface area contributed by atoms with Crippen LogP contribution in [0.25, 0.3) is 0 Å². The fourth-order valence-corrected chi connectivity index (χ4v) is 3.96. The van der Waals surface area contributed by atoms with E-state index < -0.39 is 0 Å². The minimum Gasteiger partial charge on any atom is -0.317 e. The maximum atomic E-state index is 3.46. The molecule has 0 atom stereocenters. The molecule has 110 valence electrons. The maximum Gasteiger partial charge on any atom is -0.00462 e. The molecule has 1 aliphatic heterocycles. The first kappa shape index (κ1) is 14.1. The first-order valence-corrected chi connectivity index (χ1v) is 8.69. The van der Waals surface area contributed by atoms with Crippen LogP contribution in [0.4, 0.5) is 0 Å². The van der Waals surface area contributed by atoms with Crippen LogP contribution in [-0.4, -0.2) is 13.1 Å². The van der Waals surface area contributed by atoms with Gasteiger partial charge >= 0.3 is 0 Å². The molecular weight excluding hydrogens is 242 g/mol. The molecule has 0 radical (unpaired) electrons. The number of rotatable bonds is 4. The van der Waals surface area contributed by atoms with E-state index in [0.717, 1.165) is 11.8 Å². The molecule has 2 fully saturated rings. The summed E-state index contributed by atoms with van der Waals surface area (Å²) in [4.78, 5) is 0. The van der Waals surface area contributed by atoms with Crippen LogP contribution in [0, 0.1) is 11.8 Å². The molecule has 1 N–H and O–H groups in total. The van der Waals surface area contributed by atoms with Crippen LogP contribution >= 0.6 is 0 Å². The lowest BCUT2D eigenvalue weighted by Crippen LogP contribution is -2.28. The van der Waals surface area contributed by atoms with Crippen molar-refractivity contribution >= 4 is 0 Å². The molecule has 1 heterocycles. The summed E-state index contributed by atoms with van der Waals surface area (Å²) in [6.45, 7) is 2.43. The highest BCUT2D eigenvalue weighted by atomic mass is 14.9. The number of piperidine rings is 1. The van der Waals surface area contributed by atoms with Crippen molar-refractivity contribution in [1.82, 2.24) is 5.32 Å². The van der Waals surface area contributed by atoms with E-state index >= 15 is 0 Å². The van der Waals surface area contributed by atoms with Gasteiger partial charge in [0.1, 0.15) is 0 Å². The van der Waals surface area contributed by atoms with Crippen LogP contribution in [-0.2, 0) is 12.8 Å². The summed E-state index contributed by atoms with van der Waals surface area (Å²) >= 11 is 0. The van der Waals surface area contributed by atoms with Gasteiger partial charge in [0, 0.05) is 0 Å². The molecule has 0 bridgehead atoms. The van der Waals surface area contributed by atoms with Crippen molar-refractivity contribution in [3.63, 3.8) is 0 Å². The molecule has 3 rings (SSSR count). The van der Waals surface area contributed by atoms with Crippen molar-refractivity contribution in [2.75, 3.05) is 13.1 Å². The Bertz CT molecular complexity index is 344. The third-order valence-corrected chi connectivity index (χ3v) is 5.26. The van der Waals surface area contributed by atoms with Crippen LogP contribution in [0.1, 0.15) is 56.1 Å². The summed E-state index contributed by atoms with van der Waals surface area (Å²) in [7, 11) is 0. The van der Waals surface area contributed by atoms with Crippen molar-refractivity contribution < 1.29 is 0 Å². The molecule has 1 aromatic rings. The Morgan fingerprint density at radius 1 is 0.700 bits per heavy atom. The lowest BCUT2D eigenvalue weighted by Gasteiger charge is -2.23. The van der Waals surface area contributed by atoms with Gasteiger partial charge in [-0.25, -0.2) is 0 Å². The van der Waals surface area contributed by atoms with Crippen molar-refractivity contribution in [2.24, 2.45) is 11.8 Å². The van der Waals surface area contributed by atoms with Gasteiger partial charge < -0.3 is 5.32 Å². The summed E-state index contributed by atoms with van der Waals surface area (Å²) in [5.74, 6) is 1.86. The van der Waals surface area contributed by atoms with Gasteiger partial charge in [0.05, 0.1) is 0 Å². The molecule has 1 saturated heterocycles.